The third-order valence-electron chi connectivity index (χ3n) is 13.1. The van der Waals surface area contributed by atoms with Crippen LogP contribution in [-0.2, 0) is 14.9 Å². The zero-order valence-corrected chi connectivity index (χ0v) is 25.4. The number of rotatable bonds is 7. The Balaban J connectivity index is 1.27. The molecule has 224 valence electrons. The van der Waals surface area contributed by atoms with E-state index in [0.717, 1.165) is 57.8 Å². The van der Waals surface area contributed by atoms with E-state index in [-0.39, 0.29) is 34.9 Å². The maximum atomic E-state index is 13.1. The summed E-state index contributed by atoms with van der Waals surface area (Å²) in [6.07, 6.45) is 10.4. The molecule has 5 aliphatic rings. The predicted molar refractivity (Wildman–Crippen MR) is 149 cm³/mol. The Morgan fingerprint density at radius 1 is 1.03 bits per heavy atom. The van der Waals surface area contributed by atoms with Crippen LogP contribution in [-0.4, -0.2) is 64.5 Å². The van der Waals surface area contributed by atoms with E-state index in [1.807, 2.05) is 0 Å². The number of nitrogens with zero attached hydrogens (tertiary/aromatic N) is 1. The molecule has 39 heavy (non-hydrogen) atoms. The van der Waals surface area contributed by atoms with Crippen LogP contribution in [0.15, 0.2) is 0 Å². The fourth-order valence-corrected chi connectivity index (χ4v) is 12.0. The molecule has 1 aliphatic heterocycles. The average Bonchev–Trinajstić information content (AvgIpc) is 3.46. The lowest BCUT2D eigenvalue weighted by atomic mass is 9.41. The topological polar surface area (TPSA) is 118 Å². The molecule has 5 fully saturated rings. The van der Waals surface area contributed by atoms with Crippen LogP contribution < -0.4 is 0 Å². The van der Waals surface area contributed by atoms with Crippen LogP contribution in [0.5, 0.6) is 0 Å². The minimum absolute atomic E-state index is 0.0108. The second-order valence-corrected chi connectivity index (χ2v) is 16.2. The van der Waals surface area contributed by atoms with Gasteiger partial charge in [0.2, 0.25) is 5.91 Å². The highest BCUT2D eigenvalue weighted by Crippen LogP contribution is 2.69. The number of amides is 1. The second-order valence-electron chi connectivity index (χ2n) is 14.7. The molecule has 0 radical (unpaired) electrons. The average molecular weight is 567 g/mol. The van der Waals surface area contributed by atoms with Gasteiger partial charge in [0.25, 0.3) is 0 Å². The number of hydrogen-bond acceptors (Lipinski definition) is 6. The predicted octanol–water partition coefficient (Wildman–Crippen LogP) is 4.57. The maximum Gasteiger partial charge on any atom is 0.222 e. The van der Waals surface area contributed by atoms with Gasteiger partial charge >= 0.3 is 0 Å². The van der Waals surface area contributed by atoms with Crippen molar-refractivity contribution >= 4 is 16.0 Å². The summed E-state index contributed by atoms with van der Waals surface area (Å²) in [4.78, 5) is 14.7. The normalized spacial score (nSPS) is 46.8. The molecule has 7 nitrogen and oxygen atoms in total. The van der Waals surface area contributed by atoms with Crippen LogP contribution in [0, 0.1) is 52.3 Å². The van der Waals surface area contributed by atoms with E-state index in [4.69, 9.17) is 0 Å². The zero-order chi connectivity index (χ0) is 28.3. The highest BCUT2D eigenvalue weighted by atomic mass is 32.2. The van der Waals surface area contributed by atoms with E-state index in [9.17, 15) is 28.0 Å². The van der Waals surface area contributed by atoms with Crippen LogP contribution in [0.4, 0.5) is 0 Å². The van der Waals surface area contributed by atoms with Crippen LogP contribution >= 0.6 is 0 Å². The Morgan fingerprint density at radius 2 is 1.72 bits per heavy atom. The first-order valence-electron chi connectivity index (χ1n) is 15.9. The molecule has 1 heterocycles. The van der Waals surface area contributed by atoms with Crippen molar-refractivity contribution in [2.75, 3.05) is 12.3 Å². The Labute approximate surface area is 236 Å². The van der Waals surface area contributed by atoms with Crippen molar-refractivity contribution in [3.8, 4) is 0 Å². The second kappa shape index (κ2) is 10.9. The van der Waals surface area contributed by atoms with E-state index in [0.29, 0.717) is 54.9 Å². The van der Waals surface area contributed by atoms with E-state index >= 15 is 0 Å². The number of hydrogen-bond donors (Lipinski definition) is 2. The number of carbonyl (C=O) groups is 1. The number of aliphatic hydroxyl groups excluding tert-OH is 2. The summed E-state index contributed by atoms with van der Waals surface area (Å²) < 4.78 is 34.0. The van der Waals surface area contributed by atoms with Crippen molar-refractivity contribution in [3.05, 3.63) is 0 Å². The van der Waals surface area contributed by atoms with Gasteiger partial charge in [-0.25, -0.2) is 8.42 Å². The molecule has 12 atom stereocenters. The molecule has 0 spiro atoms. The van der Waals surface area contributed by atoms with Crippen LogP contribution in [0.25, 0.3) is 0 Å². The van der Waals surface area contributed by atoms with E-state index in [1.54, 1.807) is 4.90 Å². The first-order valence-corrected chi connectivity index (χ1v) is 17.5. The summed E-state index contributed by atoms with van der Waals surface area (Å²) in [5.41, 5.74) is 0.359. The summed E-state index contributed by atoms with van der Waals surface area (Å²) in [5.74, 6) is 2.41. The van der Waals surface area contributed by atoms with Gasteiger partial charge < -0.3 is 19.7 Å². The standard InChI is InChI=1S/C31H53NO6S/c1-5-22-26-17-21(33)12-14-31(26,4)25-13-15-30(3)23(9-10-24(30)28(25)29(22)35)19(2)8-11-27(34)32-16-6-7-20(32)18-39(36,37)38/h19-26,28-29,33,35H,5-18H2,1-4H3,(H,36,37,38)/p-1/t19-,20-,21-,22-,23-,24+,25+,26+,28+,29-,30-,31-/m1/s1. The summed E-state index contributed by atoms with van der Waals surface area (Å²) in [5, 5.41) is 22.4. The van der Waals surface area contributed by atoms with Crippen LogP contribution in [0.2, 0.25) is 0 Å². The maximum absolute atomic E-state index is 13.1. The van der Waals surface area contributed by atoms with Crippen LogP contribution in [0.1, 0.15) is 105 Å². The minimum Gasteiger partial charge on any atom is -0.748 e. The SMILES string of the molecule is CC[C@H]1[C@@H](O)[C@@H]2[C@H](CC[C@]3(C)[C@@H]([C@H](C)CCC(=O)N4CCC[C@@H]4CS(=O)(=O)[O-])CC[C@@H]23)[C@@]2(C)CC[C@@H](O)C[C@@H]12. The molecule has 5 rings (SSSR count). The first-order chi connectivity index (χ1) is 18.3. The molecule has 8 heteroatoms. The van der Waals surface area contributed by atoms with Crippen molar-refractivity contribution in [2.24, 2.45) is 52.3 Å². The van der Waals surface area contributed by atoms with Crippen molar-refractivity contribution in [1.29, 1.82) is 0 Å². The molecule has 1 amide bonds. The van der Waals surface area contributed by atoms with Crippen molar-refractivity contribution < 1.29 is 28.0 Å². The lowest BCUT2D eigenvalue weighted by molar-refractivity contribution is -0.203. The Morgan fingerprint density at radius 3 is 2.41 bits per heavy atom. The number of aliphatic hydroxyl groups is 2. The van der Waals surface area contributed by atoms with Gasteiger partial charge in [0.15, 0.2) is 0 Å². The molecule has 0 bridgehead atoms. The smallest absolute Gasteiger partial charge is 0.222 e. The number of likely N-dealkylation sites (tertiary alicyclic amines) is 1. The van der Waals surface area contributed by atoms with Gasteiger partial charge in [-0.15, -0.1) is 0 Å². The van der Waals surface area contributed by atoms with Gasteiger partial charge in [-0.2, -0.15) is 0 Å². The molecule has 4 aliphatic carbocycles. The van der Waals surface area contributed by atoms with Gasteiger partial charge in [-0.1, -0.05) is 34.1 Å². The summed E-state index contributed by atoms with van der Waals surface area (Å²) in [6.45, 7) is 9.99. The summed E-state index contributed by atoms with van der Waals surface area (Å²) in [6, 6.07) is -0.468. The van der Waals surface area contributed by atoms with Crippen molar-refractivity contribution in [1.82, 2.24) is 4.90 Å². The van der Waals surface area contributed by atoms with E-state index in [2.05, 4.69) is 27.7 Å². The Kier molecular flexibility index (Phi) is 8.29. The quantitative estimate of drug-likeness (QED) is 0.436. The molecule has 1 saturated heterocycles. The fourth-order valence-electron chi connectivity index (χ4n) is 11.2. The summed E-state index contributed by atoms with van der Waals surface area (Å²) in [7, 11) is -4.35. The molecule has 2 N–H and O–H groups in total. The first kappa shape index (κ1) is 29.8. The third-order valence-corrected chi connectivity index (χ3v) is 13.9. The monoisotopic (exact) mass is 566 g/mol. The number of fused-ring (bicyclic) bond motifs is 5. The molecule has 0 unspecified atom stereocenters. The molecule has 0 aromatic carbocycles. The Hall–Kier alpha value is -0.700. The highest BCUT2D eigenvalue weighted by Gasteiger charge is 2.64. The Bertz CT molecular complexity index is 1020. The van der Waals surface area contributed by atoms with E-state index in [1.165, 1.54) is 6.42 Å². The lowest BCUT2D eigenvalue weighted by Gasteiger charge is -2.64. The highest BCUT2D eigenvalue weighted by molar-refractivity contribution is 7.85. The largest absolute Gasteiger partial charge is 0.748 e. The summed E-state index contributed by atoms with van der Waals surface area (Å²) >= 11 is 0. The number of carbonyl (C=O) groups excluding carboxylic acids is 1. The lowest BCUT2D eigenvalue weighted by Crippen LogP contribution is -2.62. The molecular weight excluding hydrogens is 514 g/mol. The van der Waals surface area contributed by atoms with Gasteiger partial charge in [0.1, 0.15) is 0 Å². The van der Waals surface area contributed by atoms with Crippen LogP contribution in [0.3, 0.4) is 0 Å². The molecule has 4 saturated carbocycles. The van der Waals surface area contributed by atoms with Crippen molar-refractivity contribution in [3.63, 3.8) is 0 Å². The van der Waals surface area contributed by atoms with Gasteiger partial charge in [-0.05, 0) is 116 Å². The van der Waals surface area contributed by atoms with Gasteiger partial charge in [-0.3, -0.25) is 4.79 Å². The fraction of sp³-hybridized carbons (Fsp3) is 0.968. The minimum atomic E-state index is -4.35. The van der Waals surface area contributed by atoms with Gasteiger partial charge in [0.05, 0.1) is 28.1 Å². The van der Waals surface area contributed by atoms with Gasteiger partial charge in [0, 0.05) is 19.0 Å². The zero-order valence-electron chi connectivity index (χ0n) is 24.6. The van der Waals surface area contributed by atoms with E-state index < -0.39 is 21.9 Å². The third kappa shape index (κ3) is 5.23. The molecule has 0 aromatic heterocycles. The molecule has 0 aromatic rings. The molecular formula is C31H52NO6S-. The van der Waals surface area contributed by atoms with Crippen molar-refractivity contribution in [2.45, 2.75) is 123 Å².